The third kappa shape index (κ3) is 3.99. The summed E-state index contributed by atoms with van der Waals surface area (Å²) in [6, 6.07) is 12.9. The largest absolute Gasteiger partial charge is 0.507 e. The standard InChI is InChI=1S/C17H19NO3/c1-20-15-7-8-16(19)14(11-15)12-18-10-9-13-5-3-4-6-17(13)21-2/h3-8,11-12,19H,9-10H2,1-2H3. The second kappa shape index (κ2) is 7.33. The molecule has 0 unspecified atom stereocenters. The highest BCUT2D eigenvalue weighted by Crippen LogP contribution is 2.21. The number of nitrogens with zero attached hydrogens (tertiary/aromatic N) is 1. The van der Waals surface area contributed by atoms with E-state index in [1.807, 2.05) is 24.3 Å². The van der Waals surface area contributed by atoms with E-state index in [4.69, 9.17) is 9.47 Å². The molecule has 4 heteroatoms. The van der Waals surface area contributed by atoms with Crippen LogP contribution in [0.1, 0.15) is 11.1 Å². The number of methoxy groups -OCH3 is 2. The summed E-state index contributed by atoms with van der Waals surface area (Å²) in [5.41, 5.74) is 1.77. The van der Waals surface area contributed by atoms with E-state index in [2.05, 4.69) is 4.99 Å². The summed E-state index contributed by atoms with van der Waals surface area (Å²) in [6.45, 7) is 0.622. The van der Waals surface area contributed by atoms with Crippen LogP contribution in [0, 0.1) is 0 Å². The highest BCUT2D eigenvalue weighted by Gasteiger charge is 2.02. The van der Waals surface area contributed by atoms with Gasteiger partial charge in [0.25, 0.3) is 0 Å². The van der Waals surface area contributed by atoms with Crippen LogP contribution in [0.5, 0.6) is 17.2 Å². The maximum Gasteiger partial charge on any atom is 0.124 e. The minimum absolute atomic E-state index is 0.192. The zero-order valence-electron chi connectivity index (χ0n) is 12.2. The number of phenolic OH excluding ortho intramolecular Hbond substituents is 1. The van der Waals surface area contributed by atoms with E-state index in [9.17, 15) is 5.11 Å². The van der Waals surface area contributed by atoms with E-state index in [-0.39, 0.29) is 5.75 Å². The Kier molecular flexibility index (Phi) is 5.21. The predicted octanol–water partition coefficient (Wildman–Crippen LogP) is 3.07. The van der Waals surface area contributed by atoms with Crippen molar-refractivity contribution in [2.75, 3.05) is 20.8 Å². The van der Waals surface area contributed by atoms with Crippen LogP contribution in [0.4, 0.5) is 0 Å². The van der Waals surface area contributed by atoms with Gasteiger partial charge in [0, 0.05) is 18.3 Å². The fourth-order valence-corrected chi connectivity index (χ4v) is 2.02. The summed E-state index contributed by atoms with van der Waals surface area (Å²) in [5.74, 6) is 1.76. The van der Waals surface area contributed by atoms with Crippen LogP contribution in [-0.4, -0.2) is 32.1 Å². The molecular weight excluding hydrogens is 266 g/mol. The summed E-state index contributed by atoms with van der Waals surface area (Å²) in [5, 5.41) is 9.76. The van der Waals surface area contributed by atoms with Gasteiger partial charge in [-0.25, -0.2) is 0 Å². The lowest BCUT2D eigenvalue weighted by Gasteiger charge is -2.06. The molecule has 2 aromatic rings. The Morgan fingerprint density at radius 1 is 1.10 bits per heavy atom. The monoisotopic (exact) mass is 285 g/mol. The van der Waals surface area contributed by atoms with Crippen LogP contribution >= 0.6 is 0 Å². The van der Waals surface area contributed by atoms with Gasteiger partial charge in [-0.1, -0.05) is 18.2 Å². The van der Waals surface area contributed by atoms with Crippen LogP contribution in [0.2, 0.25) is 0 Å². The summed E-state index contributed by atoms with van der Waals surface area (Å²) >= 11 is 0. The lowest BCUT2D eigenvalue weighted by atomic mass is 10.1. The van der Waals surface area contributed by atoms with Crippen LogP contribution in [0.25, 0.3) is 0 Å². The Labute approximate surface area is 124 Å². The fraction of sp³-hybridized carbons (Fsp3) is 0.235. The van der Waals surface area contributed by atoms with Crippen LogP contribution in [-0.2, 0) is 6.42 Å². The van der Waals surface area contributed by atoms with E-state index in [0.29, 0.717) is 17.9 Å². The highest BCUT2D eigenvalue weighted by molar-refractivity contribution is 5.84. The van der Waals surface area contributed by atoms with Crippen molar-refractivity contribution in [1.29, 1.82) is 0 Å². The molecule has 0 aromatic heterocycles. The van der Waals surface area contributed by atoms with Gasteiger partial charge < -0.3 is 14.6 Å². The van der Waals surface area contributed by atoms with Gasteiger partial charge in [0.05, 0.1) is 14.2 Å². The minimum atomic E-state index is 0.192. The molecule has 0 radical (unpaired) electrons. The molecule has 0 spiro atoms. The first-order chi connectivity index (χ1) is 10.2. The SMILES string of the molecule is COc1ccc(O)c(C=NCCc2ccccc2OC)c1. The second-order valence-corrected chi connectivity index (χ2v) is 4.52. The van der Waals surface area contributed by atoms with E-state index in [0.717, 1.165) is 17.7 Å². The zero-order chi connectivity index (χ0) is 15.1. The van der Waals surface area contributed by atoms with Crippen molar-refractivity contribution in [3.05, 3.63) is 53.6 Å². The first-order valence-corrected chi connectivity index (χ1v) is 6.73. The van der Waals surface area contributed by atoms with Gasteiger partial charge in [0.2, 0.25) is 0 Å². The molecule has 0 atom stereocenters. The number of rotatable bonds is 6. The normalized spacial score (nSPS) is 10.8. The lowest BCUT2D eigenvalue weighted by Crippen LogP contribution is -1.95. The van der Waals surface area contributed by atoms with Crippen LogP contribution < -0.4 is 9.47 Å². The molecule has 0 saturated heterocycles. The molecule has 2 aromatic carbocycles. The van der Waals surface area contributed by atoms with Gasteiger partial charge in [-0.15, -0.1) is 0 Å². The van der Waals surface area contributed by atoms with Crippen molar-refractivity contribution in [3.63, 3.8) is 0 Å². The number of benzene rings is 2. The summed E-state index contributed by atoms with van der Waals surface area (Å²) in [7, 11) is 3.26. The number of phenols is 1. The van der Waals surface area contributed by atoms with Gasteiger partial charge in [-0.3, -0.25) is 4.99 Å². The van der Waals surface area contributed by atoms with Crippen LogP contribution in [0.15, 0.2) is 47.5 Å². The van der Waals surface area contributed by atoms with Crippen molar-refractivity contribution in [2.24, 2.45) is 4.99 Å². The van der Waals surface area contributed by atoms with Gasteiger partial charge >= 0.3 is 0 Å². The van der Waals surface area contributed by atoms with Gasteiger partial charge in [-0.05, 0) is 36.2 Å². The van der Waals surface area contributed by atoms with E-state index >= 15 is 0 Å². The molecule has 0 heterocycles. The predicted molar refractivity (Wildman–Crippen MR) is 83.8 cm³/mol. The van der Waals surface area contributed by atoms with E-state index in [1.54, 1.807) is 38.6 Å². The Bertz CT molecular complexity index is 623. The molecule has 0 aliphatic heterocycles. The van der Waals surface area contributed by atoms with Gasteiger partial charge in [0.15, 0.2) is 0 Å². The Morgan fingerprint density at radius 2 is 1.90 bits per heavy atom. The molecule has 0 amide bonds. The molecule has 21 heavy (non-hydrogen) atoms. The second-order valence-electron chi connectivity index (χ2n) is 4.52. The smallest absolute Gasteiger partial charge is 0.124 e. The molecule has 0 fully saturated rings. The molecule has 0 aliphatic carbocycles. The molecular formula is C17H19NO3. The Hall–Kier alpha value is -2.49. The maximum absolute atomic E-state index is 9.76. The minimum Gasteiger partial charge on any atom is -0.507 e. The molecule has 0 bridgehead atoms. The average Bonchev–Trinajstić information content (AvgIpc) is 2.53. The highest BCUT2D eigenvalue weighted by atomic mass is 16.5. The fourth-order valence-electron chi connectivity index (χ4n) is 2.02. The van der Waals surface area contributed by atoms with E-state index in [1.165, 1.54) is 0 Å². The first kappa shape index (κ1) is 14.9. The van der Waals surface area contributed by atoms with Gasteiger partial charge in [0.1, 0.15) is 17.2 Å². The lowest BCUT2D eigenvalue weighted by molar-refractivity contribution is 0.410. The third-order valence-electron chi connectivity index (χ3n) is 3.17. The van der Waals surface area contributed by atoms with Crippen LogP contribution in [0.3, 0.4) is 0 Å². The quantitative estimate of drug-likeness (QED) is 0.830. The summed E-state index contributed by atoms with van der Waals surface area (Å²) in [6.07, 6.45) is 2.44. The Morgan fingerprint density at radius 3 is 2.67 bits per heavy atom. The summed E-state index contributed by atoms with van der Waals surface area (Å²) < 4.78 is 10.4. The number of ether oxygens (including phenoxy) is 2. The van der Waals surface area contributed by atoms with Crippen molar-refractivity contribution in [2.45, 2.75) is 6.42 Å². The number of para-hydroxylation sites is 1. The van der Waals surface area contributed by atoms with E-state index < -0.39 is 0 Å². The van der Waals surface area contributed by atoms with Crippen molar-refractivity contribution in [1.82, 2.24) is 0 Å². The zero-order valence-corrected chi connectivity index (χ0v) is 12.2. The Balaban J connectivity index is 2.00. The number of hydrogen-bond acceptors (Lipinski definition) is 4. The van der Waals surface area contributed by atoms with Gasteiger partial charge in [-0.2, -0.15) is 0 Å². The summed E-state index contributed by atoms with van der Waals surface area (Å²) in [4.78, 5) is 4.35. The molecule has 1 N–H and O–H groups in total. The van der Waals surface area contributed by atoms with Crippen molar-refractivity contribution in [3.8, 4) is 17.2 Å². The van der Waals surface area contributed by atoms with Crippen molar-refractivity contribution >= 4 is 6.21 Å². The third-order valence-corrected chi connectivity index (χ3v) is 3.17. The molecule has 4 nitrogen and oxygen atoms in total. The molecule has 110 valence electrons. The number of hydrogen-bond donors (Lipinski definition) is 1. The van der Waals surface area contributed by atoms with Crippen molar-refractivity contribution < 1.29 is 14.6 Å². The first-order valence-electron chi connectivity index (χ1n) is 6.73. The number of aliphatic imine (C=N–C) groups is 1. The maximum atomic E-state index is 9.76. The topological polar surface area (TPSA) is 51.0 Å². The molecule has 2 rings (SSSR count). The molecule has 0 saturated carbocycles. The average molecular weight is 285 g/mol. The molecule has 0 aliphatic rings. The number of aromatic hydroxyl groups is 1.